The Bertz CT molecular complexity index is 873. The Morgan fingerprint density at radius 2 is 1.82 bits per heavy atom. The Labute approximate surface area is 165 Å². The van der Waals surface area contributed by atoms with Crippen LogP contribution in [0.2, 0.25) is 5.02 Å². The molecule has 0 saturated carbocycles. The van der Waals surface area contributed by atoms with E-state index in [0.717, 1.165) is 12.1 Å². The molecule has 0 aliphatic rings. The van der Waals surface area contributed by atoms with Gasteiger partial charge in [-0.05, 0) is 49.4 Å². The van der Waals surface area contributed by atoms with E-state index in [4.69, 9.17) is 21.1 Å². The quantitative estimate of drug-likeness (QED) is 0.687. The van der Waals surface area contributed by atoms with Crippen LogP contribution in [0.3, 0.4) is 0 Å². The van der Waals surface area contributed by atoms with Gasteiger partial charge < -0.3 is 20.1 Å². The van der Waals surface area contributed by atoms with Gasteiger partial charge in [0.15, 0.2) is 6.10 Å². The third-order valence-corrected chi connectivity index (χ3v) is 3.83. The predicted molar refractivity (Wildman–Crippen MR) is 101 cm³/mol. The van der Waals surface area contributed by atoms with Gasteiger partial charge in [-0.2, -0.15) is 0 Å². The van der Waals surface area contributed by atoms with Crippen molar-refractivity contribution in [3.8, 4) is 5.75 Å². The maximum Gasteiger partial charge on any atom is 0.326 e. The first kappa shape index (κ1) is 21.2. The van der Waals surface area contributed by atoms with Crippen molar-refractivity contribution in [3.63, 3.8) is 0 Å². The van der Waals surface area contributed by atoms with Gasteiger partial charge >= 0.3 is 5.97 Å². The molecular weight excluding hydrogens is 391 g/mol. The molecule has 2 amide bonds. The molecular formula is C19H18ClFN2O5. The minimum atomic E-state index is -1.13. The van der Waals surface area contributed by atoms with E-state index in [1.807, 2.05) is 0 Å². The number of hydrogen-bond donors (Lipinski definition) is 2. The van der Waals surface area contributed by atoms with Crippen LogP contribution in [0.1, 0.15) is 17.3 Å². The molecule has 0 heterocycles. The Morgan fingerprint density at radius 3 is 2.46 bits per heavy atom. The van der Waals surface area contributed by atoms with E-state index >= 15 is 0 Å². The van der Waals surface area contributed by atoms with E-state index in [1.165, 1.54) is 32.2 Å². The van der Waals surface area contributed by atoms with Crippen LogP contribution in [0.5, 0.6) is 5.75 Å². The van der Waals surface area contributed by atoms with Gasteiger partial charge in [0.25, 0.3) is 11.8 Å². The summed E-state index contributed by atoms with van der Waals surface area (Å²) in [7, 11) is 1.44. The second-order valence-electron chi connectivity index (χ2n) is 5.66. The summed E-state index contributed by atoms with van der Waals surface area (Å²) in [6.45, 7) is 0.931. The lowest BCUT2D eigenvalue weighted by atomic mass is 10.2. The molecule has 0 unspecified atom stereocenters. The molecule has 9 heteroatoms. The number of carbonyl (C=O) groups excluding carboxylic acids is 3. The smallest absolute Gasteiger partial charge is 0.326 e. The van der Waals surface area contributed by atoms with Crippen LogP contribution in [-0.2, 0) is 14.3 Å². The predicted octanol–water partition coefficient (Wildman–Crippen LogP) is 2.79. The molecule has 2 N–H and O–H groups in total. The standard InChI is InChI=1S/C19H18ClFN2O5/c1-11(18(25)23-15-9-13(20)5-8-16(15)27-2)28-17(24)10-22-19(26)12-3-6-14(21)7-4-12/h3-9,11H,10H2,1-2H3,(H,22,26)(H,23,25)/t11-/m0/s1. The highest BCUT2D eigenvalue weighted by Gasteiger charge is 2.20. The molecule has 2 aromatic carbocycles. The zero-order chi connectivity index (χ0) is 20.7. The van der Waals surface area contributed by atoms with Crippen molar-refractivity contribution in [1.29, 1.82) is 0 Å². The summed E-state index contributed by atoms with van der Waals surface area (Å²) in [5.74, 6) is -2.07. The van der Waals surface area contributed by atoms with E-state index < -0.39 is 36.2 Å². The second kappa shape index (κ2) is 9.70. The van der Waals surface area contributed by atoms with Crippen LogP contribution < -0.4 is 15.4 Å². The number of carbonyl (C=O) groups is 3. The zero-order valence-electron chi connectivity index (χ0n) is 15.1. The van der Waals surface area contributed by atoms with Gasteiger partial charge in [-0.1, -0.05) is 11.6 Å². The van der Waals surface area contributed by atoms with E-state index in [9.17, 15) is 18.8 Å². The van der Waals surface area contributed by atoms with E-state index in [0.29, 0.717) is 16.5 Å². The molecule has 148 valence electrons. The minimum absolute atomic E-state index is 0.188. The van der Waals surface area contributed by atoms with Gasteiger partial charge in [0.05, 0.1) is 12.8 Å². The molecule has 0 aromatic heterocycles. The van der Waals surface area contributed by atoms with Crippen LogP contribution in [0.4, 0.5) is 10.1 Å². The van der Waals surface area contributed by atoms with E-state index in [-0.39, 0.29) is 5.56 Å². The second-order valence-corrected chi connectivity index (χ2v) is 6.09. The average Bonchev–Trinajstić information content (AvgIpc) is 2.66. The normalized spacial score (nSPS) is 11.3. The number of nitrogens with one attached hydrogen (secondary N) is 2. The van der Waals surface area contributed by atoms with Crippen LogP contribution in [0.25, 0.3) is 0 Å². The van der Waals surface area contributed by atoms with Crippen LogP contribution in [0.15, 0.2) is 42.5 Å². The van der Waals surface area contributed by atoms with Gasteiger partial charge in [-0.25, -0.2) is 4.39 Å². The molecule has 0 spiro atoms. The van der Waals surface area contributed by atoms with Gasteiger partial charge in [0, 0.05) is 10.6 Å². The fourth-order valence-electron chi connectivity index (χ4n) is 2.16. The van der Waals surface area contributed by atoms with Crippen LogP contribution in [0, 0.1) is 5.82 Å². The largest absolute Gasteiger partial charge is 0.495 e. The van der Waals surface area contributed by atoms with E-state index in [2.05, 4.69) is 10.6 Å². The molecule has 7 nitrogen and oxygen atoms in total. The molecule has 0 bridgehead atoms. The number of halogens is 2. The molecule has 0 aliphatic carbocycles. The molecule has 28 heavy (non-hydrogen) atoms. The molecule has 0 radical (unpaired) electrons. The maximum atomic E-state index is 12.9. The molecule has 0 saturated heterocycles. The van der Waals surface area contributed by atoms with Gasteiger partial charge in [-0.3, -0.25) is 14.4 Å². The molecule has 2 rings (SSSR count). The van der Waals surface area contributed by atoms with Crippen molar-refractivity contribution in [2.75, 3.05) is 19.0 Å². The summed E-state index contributed by atoms with van der Waals surface area (Å²) >= 11 is 5.90. The highest BCUT2D eigenvalue weighted by Crippen LogP contribution is 2.27. The van der Waals surface area contributed by atoms with Crippen LogP contribution in [-0.4, -0.2) is 37.5 Å². The first-order valence-electron chi connectivity index (χ1n) is 8.18. The Hall–Kier alpha value is -3.13. The maximum absolute atomic E-state index is 12.9. The molecule has 0 fully saturated rings. The lowest BCUT2D eigenvalue weighted by Crippen LogP contribution is -2.35. The molecule has 0 aliphatic heterocycles. The Kier molecular flexibility index (Phi) is 7.34. The first-order chi connectivity index (χ1) is 13.3. The monoisotopic (exact) mass is 408 g/mol. The number of ether oxygens (including phenoxy) is 2. The van der Waals surface area contributed by atoms with Gasteiger partial charge in [0.2, 0.25) is 0 Å². The Morgan fingerprint density at radius 1 is 1.14 bits per heavy atom. The lowest BCUT2D eigenvalue weighted by molar-refractivity contribution is -0.152. The highest BCUT2D eigenvalue weighted by molar-refractivity contribution is 6.31. The fraction of sp³-hybridized carbons (Fsp3) is 0.211. The Balaban J connectivity index is 1.86. The summed E-state index contributed by atoms with van der Waals surface area (Å²) in [5, 5.41) is 5.28. The highest BCUT2D eigenvalue weighted by atomic mass is 35.5. The fourth-order valence-corrected chi connectivity index (χ4v) is 2.33. The van der Waals surface area contributed by atoms with E-state index in [1.54, 1.807) is 12.1 Å². The average molecular weight is 409 g/mol. The number of esters is 1. The first-order valence-corrected chi connectivity index (χ1v) is 8.55. The number of amides is 2. The van der Waals surface area contributed by atoms with Gasteiger partial charge in [-0.15, -0.1) is 0 Å². The number of rotatable bonds is 7. The SMILES string of the molecule is COc1ccc(Cl)cc1NC(=O)[C@H](C)OC(=O)CNC(=O)c1ccc(F)cc1. The van der Waals surface area contributed by atoms with Crippen molar-refractivity contribution >= 4 is 35.1 Å². The summed E-state index contributed by atoms with van der Waals surface area (Å²) in [4.78, 5) is 35.9. The minimum Gasteiger partial charge on any atom is -0.495 e. The summed E-state index contributed by atoms with van der Waals surface area (Å²) in [6.07, 6.45) is -1.13. The zero-order valence-corrected chi connectivity index (χ0v) is 15.9. The van der Waals surface area contributed by atoms with Crippen LogP contribution >= 0.6 is 11.6 Å². The van der Waals surface area contributed by atoms with Crippen molar-refractivity contribution in [1.82, 2.24) is 5.32 Å². The van der Waals surface area contributed by atoms with Crippen molar-refractivity contribution in [3.05, 3.63) is 58.9 Å². The number of anilines is 1. The molecule has 1 atom stereocenters. The summed E-state index contributed by atoms with van der Waals surface area (Å²) < 4.78 is 23.0. The molecule has 2 aromatic rings. The summed E-state index contributed by atoms with van der Waals surface area (Å²) in [5.41, 5.74) is 0.514. The number of benzene rings is 2. The topological polar surface area (TPSA) is 93.7 Å². The number of hydrogen-bond acceptors (Lipinski definition) is 5. The third kappa shape index (κ3) is 5.95. The van der Waals surface area contributed by atoms with Gasteiger partial charge in [0.1, 0.15) is 18.1 Å². The summed E-state index contributed by atoms with van der Waals surface area (Å²) in [6, 6.07) is 9.50. The van der Waals surface area contributed by atoms with Crippen molar-refractivity contribution in [2.24, 2.45) is 0 Å². The van der Waals surface area contributed by atoms with Crippen molar-refractivity contribution in [2.45, 2.75) is 13.0 Å². The number of methoxy groups -OCH3 is 1. The third-order valence-electron chi connectivity index (χ3n) is 3.60. The van der Waals surface area contributed by atoms with Crippen molar-refractivity contribution < 1.29 is 28.2 Å². The lowest BCUT2D eigenvalue weighted by Gasteiger charge is -2.15.